The summed E-state index contributed by atoms with van der Waals surface area (Å²) in [5, 5.41) is 5.45. The number of nitrogens with one attached hydrogen (secondary N) is 2. The molecule has 1 aromatic heterocycles. The van der Waals surface area contributed by atoms with Crippen LogP contribution in [0, 0.1) is 23.0 Å². The van der Waals surface area contributed by atoms with E-state index in [1.165, 1.54) is 13.1 Å². The summed E-state index contributed by atoms with van der Waals surface area (Å²) >= 11 is 0. The van der Waals surface area contributed by atoms with Crippen LogP contribution in [0.4, 0.5) is 8.78 Å². The molecule has 7 nitrogen and oxygen atoms in total. The minimum atomic E-state index is -0.972. The van der Waals surface area contributed by atoms with Crippen LogP contribution in [0.15, 0.2) is 18.2 Å². The van der Waals surface area contributed by atoms with E-state index in [1.54, 1.807) is 0 Å². The van der Waals surface area contributed by atoms with Crippen molar-refractivity contribution in [2.45, 2.75) is 53.8 Å². The standard InChI is InChI=1S/C24H33F2N5O2/c1-7-30-11-14(2)12-31-18(13-30)19(22(32)29-20(23(33)27-6)24(3,4)5)28-21(31)15-8-9-16(25)17(26)10-15/h8-10,14,20H,7,11-13H2,1-6H3,(H,27,33)(H,29,32)/t14-,20?/m0/s1. The fourth-order valence-electron chi connectivity index (χ4n) is 4.23. The number of hydrogen-bond donors (Lipinski definition) is 2. The Kier molecular flexibility index (Phi) is 7.21. The summed E-state index contributed by atoms with van der Waals surface area (Å²) < 4.78 is 29.5. The molecule has 2 atom stereocenters. The molecule has 1 aliphatic heterocycles. The maximum Gasteiger partial charge on any atom is 0.272 e. The lowest BCUT2D eigenvalue weighted by molar-refractivity contribution is -0.124. The zero-order valence-electron chi connectivity index (χ0n) is 20.1. The van der Waals surface area contributed by atoms with Gasteiger partial charge in [-0.05, 0) is 36.1 Å². The third-order valence-corrected chi connectivity index (χ3v) is 6.00. The molecular formula is C24H33F2N5O2. The molecule has 0 fully saturated rings. The van der Waals surface area contributed by atoms with Gasteiger partial charge < -0.3 is 15.2 Å². The molecule has 2 amide bonds. The molecule has 1 aliphatic rings. The molecule has 2 heterocycles. The molecule has 0 spiro atoms. The van der Waals surface area contributed by atoms with Crippen molar-refractivity contribution in [2.75, 3.05) is 20.1 Å². The summed E-state index contributed by atoms with van der Waals surface area (Å²) in [6.07, 6.45) is 0. The Labute approximate surface area is 193 Å². The normalized spacial score (nSPS) is 17.8. The third-order valence-electron chi connectivity index (χ3n) is 6.00. The van der Waals surface area contributed by atoms with Crippen LogP contribution in [0.2, 0.25) is 0 Å². The first-order valence-electron chi connectivity index (χ1n) is 11.3. The van der Waals surface area contributed by atoms with Gasteiger partial charge in [0.2, 0.25) is 5.91 Å². The number of fused-ring (bicyclic) bond motifs is 1. The number of amides is 2. The highest BCUT2D eigenvalue weighted by atomic mass is 19.2. The number of benzene rings is 1. The minimum Gasteiger partial charge on any atom is -0.357 e. The van der Waals surface area contributed by atoms with E-state index in [2.05, 4.69) is 34.4 Å². The van der Waals surface area contributed by atoms with E-state index in [4.69, 9.17) is 0 Å². The second-order valence-corrected chi connectivity index (χ2v) is 9.79. The Hall–Kier alpha value is -2.81. The molecule has 9 heteroatoms. The average molecular weight is 462 g/mol. The van der Waals surface area contributed by atoms with E-state index in [0.717, 1.165) is 25.2 Å². The summed E-state index contributed by atoms with van der Waals surface area (Å²) in [6.45, 7) is 12.5. The van der Waals surface area contributed by atoms with Gasteiger partial charge in [-0.15, -0.1) is 0 Å². The maximum absolute atomic E-state index is 14.0. The molecule has 0 radical (unpaired) electrons. The maximum atomic E-state index is 14.0. The van der Waals surface area contributed by atoms with Crippen molar-refractivity contribution in [3.8, 4) is 11.4 Å². The van der Waals surface area contributed by atoms with Gasteiger partial charge in [-0.25, -0.2) is 13.8 Å². The Morgan fingerprint density at radius 3 is 2.48 bits per heavy atom. The number of aromatic nitrogens is 2. The number of halogens is 2. The molecule has 2 N–H and O–H groups in total. The molecule has 0 saturated heterocycles. The van der Waals surface area contributed by atoms with Gasteiger partial charge >= 0.3 is 0 Å². The van der Waals surface area contributed by atoms with Gasteiger partial charge in [0, 0.05) is 32.2 Å². The van der Waals surface area contributed by atoms with Crippen LogP contribution >= 0.6 is 0 Å². The first-order chi connectivity index (χ1) is 15.5. The Morgan fingerprint density at radius 1 is 1.21 bits per heavy atom. The molecule has 0 aliphatic carbocycles. The van der Waals surface area contributed by atoms with Crippen LogP contribution in [0.3, 0.4) is 0 Å². The second-order valence-electron chi connectivity index (χ2n) is 9.79. The molecule has 0 saturated carbocycles. The van der Waals surface area contributed by atoms with Gasteiger partial charge in [0.15, 0.2) is 17.3 Å². The fourth-order valence-corrected chi connectivity index (χ4v) is 4.23. The van der Waals surface area contributed by atoms with Crippen molar-refractivity contribution in [1.29, 1.82) is 0 Å². The van der Waals surface area contributed by atoms with E-state index in [9.17, 15) is 18.4 Å². The summed E-state index contributed by atoms with van der Waals surface area (Å²) in [4.78, 5) is 32.7. The van der Waals surface area contributed by atoms with Crippen molar-refractivity contribution in [1.82, 2.24) is 25.1 Å². The number of carbonyl (C=O) groups is 2. The topological polar surface area (TPSA) is 79.3 Å². The van der Waals surface area contributed by atoms with Crippen LogP contribution in [0.25, 0.3) is 11.4 Å². The minimum absolute atomic E-state index is 0.195. The number of nitrogens with zero attached hydrogens (tertiary/aromatic N) is 3. The molecule has 1 unspecified atom stereocenters. The van der Waals surface area contributed by atoms with Gasteiger partial charge in [-0.2, -0.15) is 0 Å². The SMILES string of the molecule is CCN1Cc2c(C(=O)NC(C(=O)NC)C(C)(C)C)nc(-c3ccc(F)c(F)c3)n2C[C@@H](C)C1. The molecule has 180 valence electrons. The van der Waals surface area contributed by atoms with Crippen molar-refractivity contribution >= 4 is 11.8 Å². The van der Waals surface area contributed by atoms with Crippen molar-refractivity contribution in [2.24, 2.45) is 11.3 Å². The molecule has 0 bridgehead atoms. The summed E-state index contributed by atoms with van der Waals surface area (Å²) in [5.74, 6) is -2.02. The number of hydrogen-bond acceptors (Lipinski definition) is 4. The Balaban J connectivity index is 2.12. The smallest absolute Gasteiger partial charge is 0.272 e. The van der Waals surface area contributed by atoms with E-state index >= 15 is 0 Å². The lowest BCUT2D eigenvalue weighted by atomic mass is 9.86. The highest BCUT2D eigenvalue weighted by Gasteiger charge is 2.35. The van der Waals surface area contributed by atoms with Gasteiger partial charge in [-0.3, -0.25) is 14.5 Å². The second kappa shape index (κ2) is 9.59. The first-order valence-corrected chi connectivity index (χ1v) is 11.3. The van der Waals surface area contributed by atoms with E-state index in [1.807, 2.05) is 25.3 Å². The molecule has 1 aromatic carbocycles. The van der Waals surface area contributed by atoms with Gasteiger partial charge in [-0.1, -0.05) is 34.6 Å². The molecule has 3 rings (SSSR count). The molecular weight excluding hydrogens is 428 g/mol. The lowest BCUT2D eigenvalue weighted by Crippen LogP contribution is -2.53. The van der Waals surface area contributed by atoms with Gasteiger partial charge in [0.1, 0.15) is 11.9 Å². The van der Waals surface area contributed by atoms with E-state index in [-0.39, 0.29) is 17.5 Å². The van der Waals surface area contributed by atoms with E-state index < -0.39 is 29.0 Å². The predicted molar refractivity (Wildman–Crippen MR) is 122 cm³/mol. The third kappa shape index (κ3) is 5.24. The predicted octanol–water partition coefficient (Wildman–Crippen LogP) is 3.19. The average Bonchev–Trinajstić information content (AvgIpc) is 3.00. The zero-order chi connectivity index (χ0) is 24.5. The highest BCUT2D eigenvalue weighted by Crippen LogP contribution is 2.29. The monoisotopic (exact) mass is 461 g/mol. The Morgan fingerprint density at radius 2 is 1.91 bits per heavy atom. The van der Waals surface area contributed by atoms with Crippen molar-refractivity contribution in [3.05, 3.63) is 41.2 Å². The van der Waals surface area contributed by atoms with Crippen LogP contribution in [-0.4, -0.2) is 52.4 Å². The van der Waals surface area contributed by atoms with Crippen LogP contribution in [0.5, 0.6) is 0 Å². The van der Waals surface area contributed by atoms with Crippen LogP contribution in [-0.2, 0) is 17.9 Å². The number of imidazole rings is 1. The number of rotatable bonds is 5. The van der Waals surface area contributed by atoms with Crippen LogP contribution in [0.1, 0.15) is 50.8 Å². The van der Waals surface area contributed by atoms with Gasteiger partial charge in [0.05, 0.1) is 5.69 Å². The summed E-state index contributed by atoms with van der Waals surface area (Å²) in [6, 6.07) is 2.85. The Bertz CT molecular complexity index is 1040. The summed E-state index contributed by atoms with van der Waals surface area (Å²) in [7, 11) is 1.53. The van der Waals surface area contributed by atoms with Crippen LogP contribution < -0.4 is 10.6 Å². The number of carbonyl (C=O) groups excluding carboxylic acids is 2. The number of likely N-dealkylation sites (N-methyl/N-ethyl adjacent to an activating group) is 1. The quantitative estimate of drug-likeness (QED) is 0.717. The largest absolute Gasteiger partial charge is 0.357 e. The van der Waals surface area contributed by atoms with E-state index in [0.29, 0.717) is 30.2 Å². The molecule has 2 aromatic rings. The van der Waals surface area contributed by atoms with Gasteiger partial charge in [0.25, 0.3) is 5.91 Å². The summed E-state index contributed by atoms with van der Waals surface area (Å²) in [5.41, 5.74) is 0.757. The zero-order valence-corrected chi connectivity index (χ0v) is 20.1. The lowest BCUT2D eigenvalue weighted by Gasteiger charge is -2.29. The molecule has 33 heavy (non-hydrogen) atoms. The highest BCUT2D eigenvalue weighted by molar-refractivity contribution is 5.97. The van der Waals surface area contributed by atoms with Crippen molar-refractivity contribution < 1.29 is 18.4 Å². The van der Waals surface area contributed by atoms with Crippen molar-refractivity contribution in [3.63, 3.8) is 0 Å². The first kappa shape index (κ1) is 24.8. The fraction of sp³-hybridized carbons (Fsp3) is 0.542.